The number of nitrogens with zero attached hydrogens (tertiary/aromatic N) is 3. The lowest BCUT2D eigenvalue weighted by atomic mass is 10.4. The molecule has 0 unspecified atom stereocenters. The van der Waals surface area contributed by atoms with E-state index in [4.69, 9.17) is 16.3 Å². The maximum atomic E-state index is 11.8. The molecule has 0 radical (unpaired) electrons. The number of esters is 1. The molecular formula is C9H9ClN4O3. The first-order chi connectivity index (χ1) is 8.04. The number of nitrogens with one attached hydrogen (secondary N) is 1. The van der Waals surface area contributed by atoms with Gasteiger partial charge in [0.15, 0.2) is 5.69 Å². The molecule has 0 aromatic carbocycles. The van der Waals surface area contributed by atoms with Crippen LogP contribution in [0.5, 0.6) is 0 Å². The molecule has 0 spiro atoms. The van der Waals surface area contributed by atoms with Gasteiger partial charge in [-0.1, -0.05) is 11.6 Å². The van der Waals surface area contributed by atoms with E-state index in [1.54, 1.807) is 13.8 Å². The van der Waals surface area contributed by atoms with Crippen molar-refractivity contribution >= 4 is 23.3 Å². The van der Waals surface area contributed by atoms with E-state index in [-0.39, 0.29) is 23.1 Å². The van der Waals surface area contributed by atoms with Gasteiger partial charge in [-0.05, 0) is 13.8 Å². The minimum Gasteiger partial charge on any atom is -0.461 e. The number of aromatic nitrogens is 4. The van der Waals surface area contributed by atoms with Gasteiger partial charge in [0.1, 0.15) is 10.8 Å². The highest BCUT2D eigenvalue weighted by atomic mass is 35.5. The Hall–Kier alpha value is -1.89. The standard InChI is InChI=1S/C9H9ClN4O3/c1-3-17-8(16)6-5(10)7(15)14-9(12-6)11-4(2)13-14/h3H2,1-2H3,(H,11,12,13). The zero-order valence-corrected chi connectivity index (χ0v) is 9.91. The number of H-pyrrole nitrogens is 1. The van der Waals surface area contributed by atoms with Gasteiger partial charge in [-0.3, -0.25) is 4.79 Å². The first-order valence-corrected chi connectivity index (χ1v) is 5.24. The second kappa shape index (κ2) is 4.17. The van der Waals surface area contributed by atoms with Crippen LogP contribution in [0.25, 0.3) is 5.78 Å². The van der Waals surface area contributed by atoms with Crippen molar-refractivity contribution in [3.8, 4) is 0 Å². The second-order valence-electron chi connectivity index (χ2n) is 3.23. The predicted molar refractivity (Wildman–Crippen MR) is 59.3 cm³/mol. The van der Waals surface area contributed by atoms with Crippen LogP contribution in [0.15, 0.2) is 4.79 Å². The van der Waals surface area contributed by atoms with E-state index in [2.05, 4.69) is 15.1 Å². The van der Waals surface area contributed by atoms with E-state index < -0.39 is 11.5 Å². The van der Waals surface area contributed by atoms with Crippen molar-refractivity contribution in [1.29, 1.82) is 0 Å². The zero-order valence-electron chi connectivity index (χ0n) is 9.15. The monoisotopic (exact) mass is 256 g/mol. The van der Waals surface area contributed by atoms with Gasteiger partial charge in [0.05, 0.1) is 6.61 Å². The first-order valence-electron chi connectivity index (χ1n) is 4.87. The van der Waals surface area contributed by atoms with Crippen molar-refractivity contribution in [2.24, 2.45) is 0 Å². The molecule has 0 saturated carbocycles. The van der Waals surface area contributed by atoms with Crippen LogP contribution >= 0.6 is 11.6 Å². The molecule has 0 bridgehead atoms. The van der Waals surface area contributed by atoms with Crippen LogP contribution in [0.1, 0.15) is 23.2 Å². The number of ether oxygens (including phenoxy) is 1. The molecule has 2 aromatic heterocycles. The topological polar surface area (TPSA) is 89.3 Å². The summed E-state index contributed by atoms with van der Waals surface area (Å²) in [5, 5.41) is 3.58. The number of carbonyl (C=O) groups excluding carboxylic acids is 1. The number of hydrogen-bond acceptors (Lipinski definition) is 5. The second-order valence-corrected chi connectivity index (χ2v) is 3.61. The zero-order chi connectivity index (χ0) is 12.6. The minimum absolute atomic E-state index is 0.113. The third kappa shape index (κ3) is 1.89. The fraction of sp³-hybridized carbons (Fsp3) is 0.333. The average molecular weight is 257 g/mol. The van der Waals surface area contributed by atoms with Crippen LogP contribution in [-0.4, -0.2) is 32.2 Å². The van der Waals surface area contributed by atoms with E-state index in [1.165, 1.54) is 0 Å². The van der Waals surface area contributed by atoms with Crippen LogP contribution < -0.4 is 5.56 Å². The Bertz CT molecular complexity index is 645. The quantitative estimate of drug-likeness (QED) is 0.793. The summed E-state index contributed by atoms with van der Waals surface area (Å²) in [6.07, 6.45) is 0. The summed E-state index contributed by atoms with van der Waals surface area (Å²) < 4.78 is 5.77. The van der Waals surface area contributed by atoms with E-state index in [1.807, 2.05) is 0 Å². The number of aromatic amines is 1. The number of carbonyl (C=O) groups is 1. The molecule has 8 heteroatoms. The van der Waals surface area contributed by atoms with E-state index >= 15 is 0 Å². The van der Waals surface area contributed by atoms with Crippen LogP contribution in [0, 0.1) is 6.92 Å². The molecule has 0 fully saturated rings. The molecule has 17 heavy (non-hydrogen) atoms. The Kier molecular flexibility index (Phi) is 2.84. The van der Waals surface area contributed by atoms with Gasteiger partial charge in [-0.2, -0.15) is 9.50 Å². The molecule has 0 amide bonds. The number of halogens is 1. The van der Waals surface area contributed by atoms with Crippen molar-refractivity contribution in [2.75, 3.05) is 6.61 Å². The molecule has 0 aliphatic carbocycles. The van der Waals surface area contributed by atoms with Crippen molar-refractivity contribution in [2.45, 2.75) is 13.8 Å². The summed E-state index contributed by atoms with van der Waals surface area (Å²) in [6.45, 7) is 3.47. The van der Waals surface area contributed by atoms with Crippen molar-refractivity contribution in [1.82, 2.24) is 19.6 Å². The largest absolute Gasteiger partial charge is 0.461 e. The molecule has 0 atom stereocenters. The highest BCUT2D eigenvalue weighted by Crippen LogP contribution is 2.10. The molecule has 0 aliphatic heterocycles. The molecule has 90 valence electrons. The van der Waals surface area contributed by atoms with Crippen molar-refractivity contribution in [3.63, 3.8) is 0 Å². The van der Waals surface area contributed by atoms with Crippen LogP contribution in [0.2, 0.25) is 5.02 Å². The number of rotatable bonds is 2. The van der Waals surface area contributed by atoms with Gasteiger partial charge >= 0.3 is 5.97 Å². The maximum absolute atomic E-state index is 11.8. The van der Waals surface area contributed by atoms with E-state index in [0.717, 1.165) is 4.52 Å². The van der Waals surface area contributed by atoms with Crippen LogP contribution in [0.4, 0.5) is 0 Å². The number of aryl methyl sites for hydroxylation is 1. The highest BCUT2D eigenvalue weighted by molar-refractivity contribution is 6.33. The lowest BCUT2D eigenvalue weighted by Crippen LogP contribution is -2.21. The van der Waals surface area contributed by atoms with Crippen LogP contribution in [-0.2, 0) is 4.74 Å². The van der Waals surface area contributed by atoms with Gasteiger partial charge in [0.2, 0.25) is 5.78 Å². The molecule has 0 aliphatic rings. The first kappa shape index (κ1) is 11.6. The van der Waals surface area contributed by atoms with Crippen LogP contribution in [0.3, 0.4) is 0 Å². The SMILES string of the molecule is CCOC(=O)c1[nH]c2nc(C)nn2c(=O)c1Cl. The Labute approximate surface area is 100 Å². The third-order valence-electron chi connectivity index (χ3n) is 2.03. The molecular weight excluding hydrogens is 248 g/mol. The van der Waals surface area contributed by atoms with Crippen molar-refractivity contribution in [3.05, 3.63) is 26.9 Å². The fourth-order valence-electron chi connectivity index (χ4n) is 1.35. The third-order valence-corrected chi connectivity index (χ3v) is 2.38. The molecule has 7 nitrogen and oxygen atoms in total. The predicted octanol–water partition coefficient (Wildman–Crippen LogP) is 0.556. The van der Waals surface area contributed by atoms with Gasteiger partial charge in [-0.15, -0.1) is 5.10 Å². The van der Waals surface area contributed by atoms with Gasteiger partial charge in [0, 0.05) is 0 Å². The molecule has 1 N–H and O–H groups in total. The van der Waals surface area contributed by atoms with Gasteiger partial charge in [0.25, 0.3) is 5.56 Å². The molecule has 2 heterocycles. The molecule has 0 saturated heterocycles. The lowest BCUT2D eigenvalue weighted by molar-refractivity contribution is 0.0519. The Morgan fingerprint density at radius 2 is 2.29 bits per heavy atom. The summed E-state index contributed by atoms with van der Waals surface area (Å²) in [5.74, 6) is -0.145. The van der Waals surface area contributed by atoms with Gasteiger partial charge < -0.3 is 9.72 Å². The van der Waals surface area contributed by atoms with Crippen molar-refractivity contribution < 1.29 is 9.53 Å². The summed E-state index contributed by atoms with van der Waals surface area (Å²) >= 11 is 5.78. The molecule has 2 rings (SSSR count). The normalized spacial score (nSPS) is 10.8. The Morgan fingerprint density at radius 1 is 1.59 bits per heavy atom. The Balaban J connectivity index is 2.69. The van der Waals surface area contributed by atoms with Gasteiger partial charge in [-0.25, -0.2) is 4.79 Å². The van der Waals surface area contributed by atoms with E-state index in [9.17, 15) is 9.59 Å². The average Bonchev–Trinajstić information content (AvgIpc) is 2.65. The maximum Gasteiger partial charge on any atom is 0.356 e. The number of fused-ring (bicyclic) bond motifs is 1. The summed E-state index contributed by atoms with van der Waals surface area (Å²) in [7, 11) is 0. The fourth-order valence-corrected chi connectivity index (χ4v) is 1.55. The molecule has 2 aromatic rings. The Morgan fingerprint density at radius 3 is 2.94 bits per heavy atom. The smallest absolute Gasteiger partial charge is 0.356 e. The van der Waals surface area contributed by atoms with E-state index in [0.29, 0.717) is 5.82 Å². The number of hydrogen-bond donors (Lipinski definition) is 1. The highest BCUT2D eigenvalue weighted by Gasteiger charge is 2.19. The lowest BCUT2D eigenvalue weighted by Gasteiger charge is -2.03. The summed E-state index contributed by atoms with van der Waals surface area (Å²) in [5.41, 5.74) is -0.720. The summed E-state index contributed by atoms with van der Waals surface area (Å²) in [4.78, 5) is 29.9. The minimum atomic E-state index is -0.697. The summed E-state index contributed by atoms with van der Waals surface area (Å²) in [6, 6.07) is 0.